The number of primary amides is 1. The molecule has 0 aliphatic carbocycles. The summed E-state index contributed by atoms with van der Waals surface area (Å²) in [4.78, 5) is 155. The van der Waals surface area contributed by atoms with Crippen molar-refractivity contribution in [1.29, 1.82) is 0 Å². The number of likely N-dealkylation sites (N-methyl/N-ethyl adjacent to an activating group) is 2. The zero-order chi connectivity index (χ0) is 73.8. The summed E-state index contributed by atoms with van der Waals surface area (Å²) in [6.07, 6.45) is 1.54. The number of carboxylic acid groups (broad SMARTS) is 1. The predicted molar refractivity (Wildman–Crippen MR) is 375 cm³/mol. The summed E-state index contributed by atoms with van der Waals surface area (Å²) in [7, 11) is 8.44. The van der Waals surface area contributed by atoms with Gasteiger partial charge in [0.1, 0.15) is 25.0 Å². The van der Waals surface area contributed by atoms with E-state index < -0.39 is 102 Å². The molecule has 0 bridgehead atoms. The van der Waals surface area contributed by atoms with E-state index >= 15 is 0 Å². The molecule has 0 saturated carbocycles. The third kappa shape index (κ3) is 26.3. The summed E-state index contributed by atoms with van der Waals surface area (Å²) in [6, 6.07) is 11.9. The summed E-state index contributed by atoms with van der Waals surface area (Å²) in [6.45, 7) is 19.1. The van der Waals surface area contributed by atoms with Crippen LogP contribution in [0.2, 0.25) is 0 Å². The van der Waals surface area contributed by atoms with E-state index in [1.807, 2.05) is 90.9 Å². The normalized spacial score (nSPS) is 18.6. The van der Waals surface area contributed by atoms with E-state index in [4.69, 9.17) is 24.7 Å². The highest BCUT2D eigenvalue weighted by Gasteiger charge is 2.44. The first-order chi connectivity index (χ1) is 46.8. The molecular weight excluding hydrogens is 1270 g/mol. The van der Waals surface area contributed by atoms with Gasteiger partial charge < -0.3 is 71.1 Å². The molecule has 8 N–H and O–H groups in total. The van der Waals surface area contributed by atoms with Gasteiger partial charge >= 0.3 is 12.0 Å². The van der Waals surface area contributed by atoms with Gasteiger partial charge in [0.15, 0.2) is 5.78 Å². The van der Waals surface area contributed by atoms with E-state index in [1.54, 1.807) is 73.7 Å². The number of benzene rings is 2. The Bertz CT molecular complexity index is 2940. The highest BCUT2D eigenvalue weighted by Crippen LogP contribution is 2.32. The van der Waals surface area contributed by atoms with Crippen molar-refractivity contribution in [3.8, 4) is 0 Å². The molecule has 2 aliphatic rings. The van der Waals surface area contributed by atoms with Gasteiger partial charge in [0.25, 0.3) is 0 Å². The lowest BCUT2D eigenvalue weighted by molar-refractivity contribution is -0.149. The topological polar surface area (TPSA) is 344 Å². The minimum absolute atomic E-state index is 0.00421. The van der Waals surface area contributed by atoms with Crippen molar-refractivity contribution in [2.45, 2.75) is 195 Å². The molecule has 26 nitrogen and oxygen atoms in total. The summed E-state index contributed by atoms with van der Waals surface area (Å²) in [5.74, 6) is -7.50. The molecule has 99 heavy (non-hydrogen) atoms. The third-order valence-electron chi connectivity index (χ3n) is 19.4. The second-order valence-corrected chi connectivity index (χ2v) is 28.1. The number of hydrogen-bond acceptors (Lipinski definition) is 16. The second kappa shape index (κ2) is 42.0. The number of nitrogens with one attached hydrogen (secondary N) is 5. The number of piperidine rings is 1. The average molecular weight is 1390 g/mol. The molecule has 13 atom stereocenters. The van der Waals surface area contributed by atoms with Crippen LogP contribution in [0.1, 0.15) is 145 Å². The zero-order valence-electron chi connectivity index (χ0n) is 61.3. The number of carboxylic acids is 1. The number of methoxy groups -OCH3 is 2. The van der Waals surface area contributed by atoms with Crippen molar-refractivity contribution in [3.05, 3.63) is 65.7 Å². The minimum Gasteiger partial charge on any atom is -0.481 e. The highest BCUT2D eigenvalue weighted by atomic mass is 16.5. The molecule has 4 rings (SSSR count). The molecule has 2 saturated heterocycles. The molecule has 2 aromatic rings. The van der Waals surface area contributed by atoms with Crippen LogP contribution >= 0.6 is 0 Å². The Balaban J connectivity index is 1.39. The van der Waals surface area contributed by atoms with Crippen LogP contribution in [-0.4, -0.2) is 220 Å². The van der Waals surface area contributed by atoms with Gasteiger partial charge in [-0.15, -0.1) is 0 Å². The number of ether oxygens (including phenoxy) is 4. The van der Waals surface area contributed by atoms with Gasteiger partial charge in [0, 0.05) is 89.8 Å². The van der Waals surface area contributed by atoms with Crippen molar-refractivity contribution in [2.75, 3.05) is 86.7 Å². The maximum absolute atomic E-state index is 14.7. The quantitative estimate of drug-likeness (QED) is 0.0396. The fourth-order valence-electron chi connectivity index (χ4n) is 13.7. The summed E-state index contributed by atoms with van der Waals surface area (Å²) in [5.41, 5.74) is 7.23. The number of carbonyl (C=O) groups is 11. The van der Waals surface area contributed by atoms with E-state index in [9.17, 15) is 57.8 Å². The fourth-order valence-corrected chi connectivity index (χ4v) is 13.7. The Morgan fingerprint density at radius 3 is 1.88 bits per heavy atom. The molecule has 2 aromatic carbocycles. The number of likely N-dealkylation sites (tertiary alicyclic amines) is 2. The molecule has 26 heteroatoms. The Kier molecular flexibility index (Phi) is 35.7. The standard InChI is InChI=1S/C73H116N10O16/c1-16-47(8)66(81(13)71(92)64(45(4)5)79-70(91)65(46(6)7)80(11)12)59(96-14)40-61(87)83-32-21-25-56(83)67(97-15)49(10)57(84)39-54(37-50-22-18-17-19-23-50)68(89)76-41-51-26-28-55(29-27-51)77-69(90)52(24-20-31-75-73(74)95)38-58(85)63(44(2)3)78-60(86)42-98-34-35-99-43-62(88)82-33-30-53(72(93)94)36-48(82)9/h17-19,22-23,26-29,44-49,52-54,56,59,63-67H,16,20-21,24-25,30-43H2,1-15H3,(H,76,89)(H,77,90)(H,78,86)(H,79,91)(H,93,94)(H3,74,75,95)/t47-,48?,49-,52+,53?,54+,56-,59+,63-,64-,65-,66-,67+/m0/s1. The van der Waals surface area contributed by atoms with Crippen LogP contribution < -0.4 is 32.3 Å². The SMILES string of the molecule is CC[C@H](C)[C@@H]([C@@H](CC(=O)N1CCC[C@H]1[C@H](OC)[C@@H](C)C(=O)C[C@@H](Cc1ccccc1)C(=O)NCc1ccc(NC(=O)[C@H](CCCNC(N)=O)CC(=O)[C@@H](NC(=O)COCCOCC(=O)N2CCC(C(=O)O)CC2C)C(C)C)cc1)OC)N(C)C(=O)[C@@H](NC(=O)[C@H](C(C)C)N(C)C)C(C)C. The summed E-state index contributed by atoms with van der Waals surface area (Å²) < 4.78 is 23.2. The lowest BCUT2D eigenvalue weighted by atomic mass is 9.85. The monoisotopic (exact) mass is 1390 g/mol. The number of nitrogens with two attached hydrogens (primary N) is 1. The molecular formula is C73H116N10O16. The molecule has 9 amide bonds. The lowest BCUT2D eigenvalue weighted by Crippen LogP contribution is -2.59. The van der Waals surface area contributed by atoms with Gasteiger partial charge in [-0.05, 0) is 113 Å². The Labute approximate surface area is 586 Å². The maximum Gasteiger partial charge on any atom is 0.312 e. The largest absolute Gasteiger partial charge is 0.481 e. The zero-order valence-corrected chi connectivity index (χ0v) is 61.3. The van der Waals surface area contributed by atoms with Crippen LogP contribution in [0.3, 0.4) is 0 Å². The number of hydrogen-bond donors (Lipinski definition) is 7. The minimum atomic E-state index is -0.976. The summed E-state index contributed by atoms with van der Waals surface area (Å²) >= 11 is 0. The number of ketones is 2. The Morgan fingerprint density at radius 2 is 1.31 bits per heavy atom. The van der Waals surface area contributed by atoms with Gasteiger partial charge in [-0.2, -0.15) is 0 Å². The van der Waals surface area contributed by atoms with Crippen LogP contribution in [0.5, 0.6) is 0 Å². The smallest absolute Gasteiger partial charge is 0.312 e. The lowest BCUT2D eigenvalue weighted by Gasteiger charge is -2.41. The number of anilines is 1. The highest BCUT2D eigenvalue weighted by molar-refractivity contribution is 5.98. The van der Waals surface area contributed by atoms with E-state index in [0.717, 1.165) is 5.56 Å². The van der Waals surface area contributed by atoms with Crippen LogP contribution in [0.15, 0.2) is 54.6 Å². The molecule has 0 spiro atoms. The van der Waals surface area contributed by atoms with Crippen LogP contribution in [0, 0.1) is 47.3 Å². The first-order valence-electron chi connectivity index (χ1n) is 35.2. The van der Waals surface area contributed by atoms with E-state index in [2.05, 4.69) is 26.6 Å². The van der Waals surface area contributed by atoms with Crippen LogP contribution in [-0.2, 0) is 79.9 Å². The number of rotatable bonds is 43. The molecule has 554 valence electrons. The third-order valence-corrected chi connectivity index (χ3v) is 19.4. The van der Waals surface area contributed by atoms with Crippen molar-refractivity contribution >= 4 is 70.6 Å². The fraction of sp³-hybridized carbons (Fsp3) is 0.685. The number of Topliss-reactive ketones (excluding diaryl/α,β-unsaturated/α-hetero) is 2. The van der Waals surface area contributed by atoms with Crippen LogP contribution in [0.4, 0.5) is 10.5 Å². The molecule has 2 unspecified atom stereocenters. The Morgan fingerprint density at radius 1 is 0.677 bits per heavy atom. The number of urea groups is 1. The summed E-state index contributed by atoms with van der Waals surface area (Å²) in [5, 5.41) is 23.5. The molecule has 2 heterocycles. The molecule has 2 aliphatic heterocycles. The van der Waals surface area contributed by atoms with Crippen molar-refractivity contribution < 1.29 is 76.8 Å². The Hall–Kier alpha value is -7.39. The van der Waals surface area contributed by atoms with Crippen LogP contribution in [0.25, 0.3) is 0 Å². The van der Waals surface area contributed by atoms with Gasteiger partial charge in [-0.3, -0.25) is 52.8 Å². The van der Waals surface area contributed by atoms with E-state index in [0.29, 0.717) is 62.9 Å². The predicted octanol–water partition coefficient (Wildman–Crippen LogP) is 5.62. The van der Waals surface area contributed by atoms with E-state index in [-0.39, 0.29) is 130 Å². The van der Waals surface area contributed by atoms with Gasteiger partial charge in [-0.25, -0.2) is 4.79 Å². The van der Waals surface area contributed by atoms with Crippen molar-refractivity contribution in [3.63, 3.8) is 0 Å². The van der Waals surface area contributed by atoms with Crippen molar-refractivity contribution in [1.82, 2.24) is 40.9 Å². The molecule has 0 radical (unpaired) electrons. The van der Waals surface area contributed by atoms with E-state index in [1.165, 1.54) is 14.2 Å². The number of carbonyl (C=O) groups excluding carboxylic acids is 10. The first-order valence-corrected chi connectivity index (χ1v) is 35.2. The molecule has 2 fully saturated rings. The number of nitrogens with zero attached hydrogens (tertiary/aromatic N) is 4. The van der Waals surface area contributed by atoms with Gasteiger partial charge in [0.05, 0.1) is 61.9 Å². The number of amides is 9. The first kappa shape index (κ1) is 84.0. The maximum atomic E-state index is 14.7. The molecule has 0 aromatic heterocycles. The average Bonchev–Trinajstić information content (AvgIpc) is 1.80. The van der Waals surface area contributed by atoms with Gasteiger partial charge in [-0.1, -0.05) is 111 Å². The van der Waals surface area contributed by atoms with Crippen molar-refractivity contribution in [2.24, 2.45) is 53.1 Å². The second-order valence-electron chi connectivity index (χ2n) is 28.1. The number of aliphatic carboxylic acids is 1. The van der Waals surface area contributed by atoms with Gasteiger partial charge in [0.2, 0.25) is 41.4 Å².